The minimum atomic E-state index is -0.412. The summed E-state index contributed by atoms with van der Waals surface area (Å²) in [5.74, 6) is -0.384. The molecule has 0 aliphatic heterocycles. The fourth-order valence-corrected chi connectivity index (χ4v) is 1.90. The molecule has 0 radical (unpaired) electrons. The van der Waals surface area contributed by atoms with Crippen molar-refractivity contribution in [2.45, 2.75) is 13.0 Å². The van der Waals surface area contributed by atoms with Crippen LogP contribution in [-0.4, -0.2) is 26.5 Å². The van der Waals surface area contributed by atoms with Crippen LogP contribution in [0.3, 0.4) is 0 Å². The molecule has 0 aliphatic rings. The van der Waals surface area contributed by atoms with E-state index in [2.05, 4.69) is 41.9 Å². The monoisotopic (exact) mass is 313 g/mol. The fourth-order valence-electron chi connectivity index (χ4n) is 1.37. The van der Waals surface area contributed by atoms with Gasteiger partial charge in [0.1, 0.15) is 5.82 Å². The molecule has 18 heavy (non-hydrogen) atoms. The van der Waals surface area contributed by atoms with Crippen LogP contribution >= 0.6 is 15.9 Å². The number of H-pyrrole nitrogens is 1. The summed E-state index contributed by atoms with van der Waals surface area (Å²) in [6.07, 6.45) is 0. The number of aromatic nitrogens is 4. The first-order chi connectivity index (χ1) is 8.58. The van der Waals surface area contributed by atoms with Crippen LogP contribution in [0.5, 0.6) is 0 Å². The maximum absolute atomic E-state index is 12.9. The number of hydrogen-bond acceptors (Lipinski definition) is 4. The first-order valence-corrected chi connectivity index (χ1v) is 5.86. The Kier molecular flexibility index (Phi) is 3.66. The Bertz CT molecular complexity index is 559. The summed E-state index contributed by atoms with van der Waals surface area (Å²) >= 11 is 3.14. The second-order valence-electron chi connectivity index (χ2n) is 3.59. The van der Waals surface area contributed by atoms with Crippen LogP contribution in [-0.2, 0) is 0 Å². The third-order valence-corrected chi connectivity index (χ3v) is 2.93. The third-order valence-electron chi connectivity index (χ3n) is 2.27. The Morgan fingerprint density at radius 2 is 2.33 bits per heavy atom. The van der Waals surface area contributed by atoms with E-state index in [0.717, 1.165) is 0 Å². The van der Waals surface area contributed by atoms with Gasteiger partial charge in [0.25, 0.3) is 5.91 Å². The molecule has 1 aromatic carbocycles. The molecule has 2 aromatic rings. The Labute approximate surface area is 110 Å². The van der Waals surface area contributed by atoms with Gasteiger partial charge in [-0.05, 0) is 41.1 Å². The molecular formula is C10H9BrFN5O. The molecule has 1 aromatic heterocycles. The first kappa shape index (κ1) is 12.6. The molecule has 0 aliphatic carbocycles. The van der Waals surface area contributed by atoms with Gasteiger partial charge in [-0.3, -0.25) is 4.79 Å². The molecule has 0 fully saturated rings. The summed E-state index contributed by atoms with van der Waals surface area (Å²) in [7, 11) is 0. The van der Waals surface area contributed by atoms with Gasteiger partial charge in [0, 0.05) is 4.47 Å². The highest BCUT2D eigenvalue weighted by molar-refractivity contribution is 9.10. The average Bonchev–Trinajstić information content (AvgIpc) is 2.81. The van der Waals surface area contributed by atoms with Crippen molar-refractivity contribution in [1.82, 2.24) is 25.9 Å². The molecule has 6 nitrogen and oxygen atoms in total. The van der Waals surface area contributed by atoms with Gasteiger partial charge in [0.15, 0.2) is 5.82 Å². The molecule has 94 valence electrons. The topological polar surface area (TPSA) is 83.6 Å². The normalized spacial score (nSPS) is 12.2. The number of hydrogen-bond donors (Lipinski definition) is 2. The van der Waals surface area contributed by atoms with Crippen LogP contribution in [0, 0.1) is 5.82 Å². The van der Waals surface area contributed by atoms with E-state index in [1.165, 1.54) is 18.2 Å². The van der Waals surface area contributed by atoms with E-state index in [1.807, 2.05) is 0 Å². The molecule has 0 saturated carbocycles. The molecular weight excluding hydrogens is 305 g/mol. The number of tetrazole rings is 1. The molecule has 8 heteroatoms. The smallest absolute Gasteiger partial charge is 0.253 e. The van der Waals surface area contributed by atoms with Crippen LogP contribution in [0.15, 0.2) is 22.7 Å². The number of carbonyl (C=O) groups excluding carboxylic acids is 1. The predicted molar refractivity (Wildman–Crippen MR) is 64.2 cm³/mol. The number of amides is 1. The molecule has 0 spiro atoms. The van der Waals surface area contributed by atoms with Crippen molar-refractivity contribution in [2.24, 2.45) is 0 Å². The van der Waals surface area contributed by atoms with Gasteiger partial charge in [-0.25, -0.2) is 4.39 Å². The summed E-state index contributed by atoms with van der Waals surface area (Å²) in [6.45, 7) is 1.72. The lowest BCUT2D eigenvalue weighted by molar-refractivity contribution is 0.0937. The molecule has 2 N–H and O–H groups in total. The number of nitrogens with one attached hydrogen (secondary N) is 2. The molecule has 2 rings (SSSR count). The zero-order valence-corrected chi connectivity index (χ0v) is 10.9. The van der Waals surface area contributed by atoms with E-state index in [0.29, 0.717) is 15.9 Å². The largest absolute Gasteiger partial charge is 0.342 e. The van der Waals surface area contributed by atoms with Crippen LogP contribution in [0.2, 0.25) is 0 Å². The number of carbonyl (C=O) groups is 1. The minimum Gasteiger partial charge on any atom is -0.342 e. The fraction of sp³-hybridized carbons (Fsp3) is 0.200. The summed E-state index contributed by atoms with van der Waals surface area (Å²) in [6, 6.07) is 3.46. The number of nitrogens with zero attached hydrogens (tertiary/aromatic N) is 3. The van der Waals surface area contributed by atoms with Crippen LogP contribution in [0.4, 0.5) is 4.39 Å². The summed E-state index contributed by atoms with van der Waals surface area (Å²) < 4.78 is 13.3. The summed E-state index contributed by atoms with van der Waals surface area (Å²) in [5, 5.41) is 15.9. The third kappa shape index (κ3) is 2.70. The highest BCUT2D eigenvalue weighted by atomic mass is 79.9. The maximum Gasteiger partial charge on any atom is 0.253 e. The molecule has 1 amide bonds. The molecule has 1 unspecified atom stereocenters. The van der Waals surface area contributed by atoms with Crippen molar-refractivity contribution in [3.8, 4) is 0 Å². The predicted octanol–water partition coefficient (Wildman–Crippen LogP) is 1.59. The quantitative estimate of drug-likeness (QED) is 0.901. The number of halogens is 2. The van der Waals surface area contributed by atoms with E-state index in [1.54, 1.807) is 6.92 Å². The maximum atomic E-state index is 12.9. The Balaban J connectivity index is 2.12. The van der Waals surface area contributed by atoms with E-state index < -0.39 is 11.9 Å². The van der Waals surface area contributed by atoms with E-state index in [-0.39, 0.29) is 5.91 Å². The Hall–Kier alpha value is -1.83. The second-order valence-corrected chi connectivity index (χ2v) is 4.44. The molecule has 0 bridgehead atoms. The lowest BCUT2D eigenvalue weighted by Crippen LogP contribution is -2.27. The number of rotatable bonds is 3. The molecule has 1 heterocycles. The van der Waals surface area contributed by atoms with Gasteiger partial charge in [-0.15, -0.1) is 10.2 Å². The minimum absolute atomic E-state index is 0.340. The van der Waals surface area contributed by atoms with Crippen LogP contribution in [0.1, 0.15) is 29.1 Å². The average molecular weight is 314 g/mol. The standard InChI is InChI=1S/C10H9BrFN5O/c1-5(9-14-16-17-15-9)13-10(18)7-3-2-6(12)4-8(7)11/h2-5H,1H3,(H,13,18)(H,14,15,16,17). The van der Waals surface area contributed by atoms with Crippen molar-refractivity contribution in [2.75, 3.05) is 0 Å². The van der Waals surface area contributed by atoms with Crippen molar-refractivity contribution >= 4 is 21.8 Å². The summed E-state index contributed by atoms with van der Waals surface area (Å²) in [4.78, 5) is 11.9. The van der Waals surface area contributed by atoms with Crippen molar-refractivity contribution in [1.29, 1.82) is 0 Å². The molecule has 0 saturated heterocycles. The Morgan fingerprint density at radius 1 is 1.56 bits per heavy atom. The number of aromatic amines is 1. The lowest BCUT2D eigenvalue weighted by Gasteiger charge is -2.10. The molecule has 1 atom stereocenters. The zero-order valence-electron chi connectivity index (χ0n) is 9.32. The highest BCUT2D eigenvalue weighted by Crippen LogP contribution is 2.18. The zero-order chi connectivity index (χ0) is 13.1. The van der Waals surface area contributed by atoms with Gasteiger partial charge < -0.3 is 5.32 Å². The summed E-state index contributed by atoms with van der Waals surface area (Å²) in [5.41, 5.74) is 0.340. The van der Waals surface area contributed by atoms with Crippen molar-refractivity contribution in [3.63, 3.8) is 0 Å². The van der Waals surface area contributed by atoms with E-state index in [9.17, 15) is 9.18 Å². The Morgan fingerprint density at radius 3 is 2.94 bits per heavy atom. The second kappa shape index (κ2) is 5.21. The first-order valence-electron chi connectivity index (χ1n) is 5.07. The van der Waals surface area contributed by atoms with E-state index in [4.69, 9.17) is 0 Å². The van der Waals surface area contributed by atoms with Crippen molar-refractivity contribution in [3.05, 3.63) is 39.9 Å². The van der Waals surface area contributed by atoms with Gasteiger partial charge in [0.05, 0.1) is 11.6 Å². The van der Waals surface area contributed by atoms with Crippen molar-refractivity contribution < 1.29 is 9.18 Å². The van der Waals surface area contributed by atoms with Crippen LogP contribution in [0.25, 0.3) is 0 Å². The lowest BCUT2D eigenvalue weighted by atomic mass is 10.2. The van der Waals surface area contributed by atoms with Gasteiger partial charge in [0.2, 0.25) is 0 Å². The van der Waals surface area contributed by atoms with Gasteiger partial charge >= 0.3 is 0 Å². The van der Waals surface area contributed by atoms with Gasteiger partial charge in [-0.2, -0.15) is 5.21 Å². The van der Waals surface area contributed by atoms with Crippen LogP contribution < -0.4 is 5.32 Å². The SMILES string of the molecule is CC(NC(=O)c1ccc(F)cc1Br)c1nn[nH]n1. The highest BCUT2D eigenvalue weighted by Gasteiger charge is 2.16. The number of benzene rings is 1. The van der Waals surface area contributed by atoms with E-state index >= 15 is 0 Å². The van der Waals surface area contributed by atoms with Gasteiger partial charge in [-0.1, -0.05) is 5.21 Å².